The number of sulfone groups is 1. The average Bonchev–Trinajstić information content (AvgIpc) is 3.47. The molecule has 1 amide bonds. The summed E-state index contributed by atoms with van der Waals surface area (Å²) in [6.07, 6.45) is 2.02. The summed E-state index contributed by atoms with van der Waals surface area (Å²) < 4.78 is 26.2. The highest BCUT2D eigenvalue weighted by molar-refractivity contribution is 7.90. The van der Waals surface area contributed by atoms with E-state index in [1.54, 1.807) is 41.8 Å². The lowest BCUT2D eigenvalue weighted by atomic mass is 10.1. The third kappa shape index (κ3) is 5.21. The number of hydrogen-bond acceptors (Lipinski definition) is 7. The number of amides is 1. The standard InChI is InChI=1S/C22H21N5O3S2/c23-19-10-8-16(21-7-4-12-31-21)13-20(19)24-22(28)11-9-17-14-27(26-25-17)15-32(29,30)18-5-2-1-3-6-18/h1-8,10,12-14H,9,11,15,23H2,(H,24,28). The number of aryl methyl sites for hydroxylation is 1. The highest BCUT2D eigenvalue weighted by atomic mass is 32.2. The molecular weight excluding hydrogens is 446 g/mol. The zero-order chi connectivity index (χ0) is 22.6. The van der Waals surface area contributed by atoms with Gasteiger partial charge in [-0.2, -0.15) is 0 Å². The molecule has 0 fully saturated rings. The Balaban J connectivity index is 1.35. The molecule has 0 unspecified atom stereocenters. The highest BCUT2D eigenvalue weighted by Crippen LogP contribution is 2.30. The topological polar surface area (TPSA) is 120 Å². The van der Waals surface area contributed by atoms with E-state index in [9.17, 15) is 13.2 Å². The summed E-state index contributed by atoms with van der Waals surface area (Å²) in [5.41, 5.74) is 8.56. The first-order chi connectivity index (χ1) is 15.4. The lowest BCUT2D eigenvalue weighted by Gasteiger charge is -2.09. The number of carbonyl (C=O) groups excluding carboxylic acids is 1. The van der Waals surface area contributed by atoms with Crippen molar-refractivity contribution in [3.63, 3.8) is 0 Å². The normalized spacial score (nSPS) is 11.4. The minimum Gasteiger partial charge on any atom is -0.397 e. The van der Waals surface area contributed by atoms with Crippen LogP contribution in [-0.2, 0) is 26.9 Å². The monoisotopic (exact) mass is 467 g/mol. The second-order valence-electron chi connectivity index (χ2n) is 7.13. The molecular formula is C22H21N5O3S2. The number of aromatic nitrogens is 3. The summed E-state index contributed by atoms with van der Waals surface area (Å²) in [5, 5.41) is 12.7. The Bertz CT molecular complexity index is 1320. The number of nitrogens with one attached hydrogen (secondary N) is 1. The molecule has 0 spiro atoms. The predicted octanol–water partition coefficient (Wildman–Crippen LogP) is 3.59. The number of nitrogens with two attached hydrogens (primary N) is 1. The fourth-order valence-corrected chi connectivity index (χ4v) is 5.03. The van der Waals surface area contributed by atoms with Gasteiger partial charge in [0.25, 0.3) is 0 Å². The number of carbonyl (C=O) groups is 1. The molecule has 2 aromatic heterocycles. The summed E-state index contributed by atoms with van der Waals surface area (Å²) in [6, 6.07) is 17.7. The van der Waals surface area contributed by atoms with Gasteiger partial charge in [-0.15, -0.1) is 16.4 Å². The van der Waals surface area contributed by atoms with Crippen LogP contribution in [0.5, 0.6) is 0 Å². The maximum atomic E-state index is 12.5. The summed E-state index contributed by atoms with van der Waals surface area (Å²) in [5.74, 6) is -0.533. The molecule has 0 saturated heterocycles. The van der Waals surface area contributed by atoms with Crippen molar-refractivity contribution in [2.75, 3.05) is 11.1 Å². The van der Waals surface area contributed by atoms with E-state index in [1.165, 1.54) is 16.8 Å². The molecule has 0 radical (unpaired) electrons. The molecule has 4 aromatic rings. The van der Waals surface area contributed by atoms with Crippen molar-refractivity contribution in [2.45, 2.75) is 23.6 Å². The summed E-state index contributed by atoms with van der Waals surface area (Å²) in [6.45, 7) is 0. The molecule has 0 atom stereocenters. The summed E-state index contributed by atoms with van der Waals surface area (Å²) in [7, 11) is -3.53. The van der Waals surface area contributed by atoms with Crippen LogP contribution in [0, 0.1) is 0 Å². The van der Waals surface area contributed by atoms with Gasteiger partial charge in [-0.1, -0.05) is 35.5 Å². The summed E-state index contributed by atoms with van der Waals surface area (Å²) in [4.78, 5) is 13.7. The number of hydrogen-bond donors (Lipinski definition) is 2. The predicted molar refractivity (Wildman–Crippen MR) is 125 cm³/mol. The Morgan fingerprint density at radius 1 is 1.09 bits per heavy atom. The Labute approximate surface area is 189 Å². The molecule has 10 heteroatoms. The average molecular weight is 468 g/mol. The minimum atomic E-state index is -3.53. The molecule has 164 valence electrons. The van der Waals surface area contributed by atoms with Crippen LogP contribution in [0.25, 0.3) is 10.4 Å². The third-order valence-corrected chi connectivity index (χ3v) is 7.25. The first-order valence-corrected chi connectivity index (χ1v) is 12.3. The second-order valence-corrected chi connectivity index (χ2v) is 10.0. The molecule has 3 N–H and O–H groups in total. The van der Waals surface area contributed by atoms with E-state index in [0.29, 0.717) is 23.5 Å². The van der Waals surface area contributed by atoms with Gasteiger partial charge in [0.1, 0.15) is 5.88 Å². The van der Waals surface area contributed by atoms with E-state index in [0.717, 1.165) is 10.4 Å². The Morgan fingerprint density at radius 3 is 2.66 bits per heavy atom. The van der Waals surface area contributed by atoms with Crippen LogP contribution in [0.3, 0.4) is 0 Å². The zero-order valence-electron chi connectivity index (χ0n) is 17.0. The highest BCUT2D eigenvalue weighted by Gasteiger charge is 2.16. The molecule has 32 heavy (non-hydrogen) atoms. The van der Waals surface area contributed by atoms with Crippen molar-refractivity contribution in [3.8, 4) is 10.4 Å². The minimum absolute atomic E-state index is 0.160. The molecule has 0 aliphatic rings. The van der Waals surface area contributed by atoms with Crippen LogP contribution in [0.2, 0.25) is 0 Å². The SMILES string of the molecule is Nc1ccc(-c2cccs2)cc1NC(=O)CCc1cn(CS(=O)(=O)c2ccccc2)nn1. The van der Waals surface area contributed by atoms with E-state index < -0.39 is 9.84 Å². The van der Waals surface area contributed by atoms with Gasteiger partial charge >= 0.3 is 0 Å². The van der Waals surface area contributed by atoms with Crippen molar-refractivity contribution in [3.05, 3.63) is 77.9 Å². The Kier molecular flexibility index (Phi) is 6.33. The quantitative estimate of drug-likeness (QED) is 0.382. The van der Waals surface area contributed by atoms with Crippen LogP contribution < -0.4 is 11.1 Å². The molecule has 4 rings (SSSR count). The Hall–Kier alpha value is -3.50. The van der Waals surface area contributed by atoms with Gasteiger partial charge in [0, 0.05) is 23.9 Å². The number of thiophene rings is 1. The van der Waals surface area contributed by atoms with Crippen molar-refractivity contribution in [2.24, 2.45) is 0 Å². The number of nitrogen functional groups attached to an aromatic ring is 1. The van der Waals surface area contributed by atoms with Gasteiger partial charge in [-0.3, -0.25) is 4.79 Å². The number of anilines is 2. The van der Waals surface area contributed by atoms with Crippen molar-refractivity contribution < 1.29 is 13.2 Å². The van der Waals surface area contributed by atoms with Gasteiger partial charge in [0.15, 0.2) is 9.84 Å². The molecule has 2 heterocycles. The van der Waals surface area contributed by atoms with Crippen molar-refractivity contribution in [1.82, 2.24) is 15.0 Å². The maximum Gasteiger partial charge on any atom is 0.224 e. The van der Waals surface area contributed by atoms with Crippen LogP contribution in [0.1, 0.15) is 12.1 Å². The van der Waals surface area contributed by atoms with Gasteiger partial charge < -0.3 is 11.1 Å². The molecule has 0 saturated carbocycles. The van der Waals surface area contributed by atoms with Crippen molar-refractivity contribution in [1.29, 1.82) is 0 Å². The third-order valence-electron chi connectivity index (χ3n) is 4.73. The van der Waals surface area contributed by atoms with Crippen LogP contribution in [-0.4, -0.2) is 29.3 Å². The first-order valence-electron chi connectivity index (χ1n) is 9.81. The summed E-state index contributed by atoms with van der Waals surface area (Å²) >= 11 is 1.61. The van der Waals surface area contributed by atoms with Crippen LogP contribution in [0.4, 0.5) is 11.4 Å². The first kappa shape index (κ1) is 21.7. The number of nitrogens with zero attached hydrogens (tertiary/aromatic N) is 3. The molecule has 0 bridgehead atoms. The molecule has 0 aliphatic carbocycles. The van der Waals surface area contributed by atoms with Gasteiger partial charge in [0.05, 0.1) is 22.0 Å². The lowest BCUT2D eigenvalue weighted by Crippen LogP contribution is -2.14. The van der Waals surface area contributed by atoms with E-state index in [2.05, 4.69) is 15.6 Å². The van der Waals surface area contributed by atoms with E-state index >= 15 is 0 Å². The molecule has 2 aromatic carbocycles. The largest absolute Gasteiger partial charge is 0.397 e. The van der Waals surface area contributed by atoms with E-state index in [4.69, 9.17) is 5.73 Å². The number of rotatable bonds is 8. The van der Waals surface area contributed by atoms with Crippen LogP contribution in [0.15, 0.2) is 77.1 Å². The van der Waals surface area contributed by atoms with Gasteiger partial charge in [-0.25, -0.2) is 13.1 Å². The van der Waals surface area contributed by atoms with E-state index in [1.807, 2.05) is 29.6 Å². The zero-order valence-corrected chi connectivity index (χ0v) is 18.6. The Morgan fingerprint density at radius 2 is 1.91 bits per heavy atom. The van der Waals surface area contributed by atoms with Gasteiger partial charge in [-0.05, 0) is 41.3 Å². The molecule has 0 aliphatic heterocycles. The fraction of sp³-hybridized carbons (Fsp3) is 0.136. The fourth-order valence-electron chi connectivity index (χ4n) is 3.11. The molecule has 8 nitrogen and oxygen atoms in total. The number of benzene rings is 2. The lowest BCUT2D eigenvalue weighted by molar-refractivity contribution is -0.116. The van der Waals surface area contributed by atoms with Gasteiger partial charge in [0.2, 0.25) is 5.91 Å². The smallest absolute Gasteiger partial charge is 0.224 e. The van der Waals surface area contributed by atoms with Crippen molar-refractivity contribution >= 4 is 38.5 Å². The van der Waals surface area contributed by atoms with Crippen LogP contribution >= 0.6 is 11.3 Å². The maximum absolute atomic E-state index is 12.5. The van der Waals surface area contributed by atoms with E-state index in [-0.39, 0.29) is 23.1 Å². The second kappa shape index (κ2) is 9.33.